The molecule has 3 nitrogen and oxygen atoms in total. The minimum atomic E-state index is 1.06. The SMILES string of the molecule is [CH-]=O.[O]=[V].[O]=[V]. The summed E-state index contributed by atoms with van der Waals surface area (Å²) in [6.07, 6.45) is 0. The van der Waals surface area contributed by atoms with Gasteiger partial charge in [0.1, 0.15) is 0 Å². The Labute approximate surface area is 53.9 Å². The summed E-state index contributed by atoms with van der Waals surface area (Å²) < 4.78 is 16.4. The van der Waals surface area contributed by atoms with E-state index in [0.717, 1.165) is 34.7 Å². The second-order valence-corrected chi connectivity index (χ2v) is 0. The van der Waals surface area contributed by atoms with E-state index in [1.807, 2.05) is 0 Å². The molecule has 6 heavy (non-hydrogen) atoms. The van der Waals surface area contributed by atoms with Crippen molar-refractivity contribution in [2.75, 3.05) is 0 Å². The van der Waals surface area contributed by atoms with Crippen molar-refractivity contribution in [3.63, 3.8) is 0 Å². The Morgan fingerprint density at radius 3 is 0.833 bits per heavy atom. The van der Waals surface area contributed by atoms with E-state index in [0.29, 0.717) is 0 Å². The second-order valence-electron chi connectivity index (χ2n) is 0. The van der Waals surface area contributed by atoms with Crippen LogP contribution in [0.2, 0.25) is 0 Å². The molecule has 0 rings (SSSR count). The van der Waals surface area contributed by atoms with Crippen molar-refractivity contribution in [3.8, 4) is 0 Å². The molecule has 0 bridgehead atoms. The molecule has 0 spiro atoms. The molecule has 0 aliphatic carbocycles. The summed E-state index contributed by atoms with van der Waals surface area (Å²) in [5, 5.41) is 0. The molecule has 0 heterocycles. The molecule has 0 amide bonds. The summed E-state index contributed by atoms with van der Waals surface area (Å²) in [5.74, 6) is 0. The average molecular weight is 163 g/mol. The second kappa shape index (κ2) is 556. The third-order valence-corrected chi connectivity index (χ3v) is 0. The van der Waals surface area contributed by atoms with Gasteiger partial charge in [-0.3, -0.25) is 6.79 Å². The molecule has 0 aliphatic heterocycles. The molecule has 0 saturated carbocycles. The monoisotopic (exact) mass is 163 g/mol. The Morgan fingerprint density at radius 1 is 0.833 bits per heavy atom. The van der Waals surface area contributed by atoms with Crippen molar-refractivity contribution in [1.82, 2.24) is 0 Å². The quantitative estimate of drug-likeness (QED) is 0.356. The Bertz CT molecular complexity index is 13.5. The van der Waals surface area contributed by atoms with E-state index in [9.17, 15) is 0 Å². The van der Waals surface area contributed by atoms with Gasteiger partial charge in [-0.2, -0.15) is 0 Å². The van der Waals surface area contributed by atoms with Crippen LogP contribution in [0, 0.1) is 0 Å². The minimum absolute atomic E-state index is 1.06. The number of hydrogen-bond acceptors (Lipinski definition) is 3. The molecule has 34 valence electrons. The van der Waals surface area contributed by atoms with Crippen molar-refractivity contribution in [2.24, 2.45) is 0 Å². The van der Waals surface area contributed by atoms with E-state index >= 15 is 0 Å². The molecule has 0 radical (unpaired) electrons. The Balaban J connectivity index is -0.0000000225. The fourth-order valence-corrected chi connectivity index (χ4v) is 0. The first-order valence-corrected chi connectivity index (χ1v) is 1.74. The van der Waals surface area contributed by atoms with Crippen LogP contribution in [-0.4, -0.2) is 6.79 Å². The maximum atomic E-state index is 8.19. The molecule has 5 heteroatoms. The molecule has 0 atom stereocenters. The summed E-state index contributed by atoms with van der Waals surface area (Å²) in [4.78, 5) is 7.75. The summed E-state index contributed by atoms with van der Waals surface area (Å²) in [5.41, 5.74) is 0. The van der Waals surface area contributed by atoms with E-state index < -0.39 is 0 Å². The van der Waals surface area contributed by atoms with E-state index in [4.69, 9.17) is 12.1 Å². The molecule has 0 fully saturated rings. The van der Waals surface area contributed by atoms with Gasteiger partial charge in [0.25, 0.3) is 0 Å². The number of hydrogen-bond donors (Lipinski definition) is 0. The van der Waals surface area contributed by atoms with Crippen LogP contribution in [0.25, 0.3) is 0 Å². The fourth-order valence-electron chi connectivity index (χ4n) is 0. The van der Waals surface area contributed by atoms with E-state index in [1.165, 1.54) is 0 Å². The maximum absolute atomic E-state index is 8.19. The molecule has 0 saturated heterocycles. The third kappa shape index (κ3) is 273. The van der Waals surface area contributed by atoms with Gasteiger partial charge >= 0.3 is 42.1 Å². The molecular weight excluding hydrogens is 162 g/mol. The van der Waals surface area contributed by atoms with Gasteiger partial charge in [0.15, 0.2) is 0 Å². The van der Waals surface area contributed by atoms with Gasteiger partial charge in [0.05, 0.1) is 0 Å². The van der Waals surface area contributed by atoms with Crippen molar-refractivity contribution < 1.29 is 46.9 Å². The van der Waals surface area contributed by atoms with Gasteiger partial charge in [-0.15, -0.1) is 0 Å². The van der Waals surface area contributed by atoms with Gasteiger partial charge in [-0.25, -0.2) is 0 Å². The first-order chi connectivity index (χ1) is 3.00. The van der Waals surface area contributed by atoms with Crippen molar-refractivity contribution in [2.45, 2.75) is 0 Å². The van der Waals surface area contributed by atoms with Crippen LogP contribution in [-0.2, 0) is 46.9 Å². The first-order valence-electron chi connectivity index (χ1n) is 0.601. The van der Waals surface area contributed by atoms with Gasteiger partial charge in [0, 0.05) is 0 Å². The average Bonchev–Trinajstić information content (AvgIpc) is 1.81. The van der Waals surface area contributed by atoms with Crippen molar-refractivity contribution in [3.05, 3.63) is 0 Å². The molecule has 0 aromatic rings. The van der Waals surface area contributed by atoms with Crippen LogP contribution in [0.15, 0.2) is 0 Å². The predicted molar refractivity (Wildman–Crippen MR) is 8.12 cm³/mol. The Kier molecular flexibility index (Phi) is 1490. The molecule has 0 aromatic heterocycles. The van der Waals surface area contributed by atoms with Crippen LogP contribution in [0.3, 0.4) is 0 Å². The van der Waals surface area contributed by atoms with E-state index in [-0.39, 0.29) is 0 Å². The zero-order valence-corrected chi connectivity index (χ0v) is 5.49. The molecular formula is CHO3V2-. The Hall–Kier alpha value is 0.439. The summed E-state index contributed by atoms with van der Waals surface area (Å²) >= 11 is 2.12. The summed E-state index contributed by atoms with van der Waals surface area (Å²) in [7, 11) is 0. The standard InChI is InChI=1S/CHO.2O.2V/c1-2;;;;/h1H;;;;/q-1;;;;. The van der Waals surface area contributed by atoms with Crippen LogP contribution < -0.4 is 0 Å². The van der Waals surface area contributed by atoms with E-state index in [2.05, 4.69) is 6.79 Å². The van der Waals surface area contributed by atoms with Crippen LogP contribution in [0.4, 0.5) is 0 Å². The summed E-state index contributed by atoms with van der Waals surface area (Å²) in [6.45, 7) is 3.25. The fraction of sp³-hybridized carbons (Fsp3) is 0. The zero-order chi connectivity index (χ0) is 6.00. The van der Waals surface area contributed by atoms with Crippen LogP contribution in [0.1, 0.15) is 0 Å². The van der Waals surface area contributed by atoms with Crippen LogP contribution >= 0.6 is 0 Å². The Morgan fingerprint density at radius 2 is 0.833 bits per heavy atom. The van der Waals surface area contributed by atoms with Gasteiger partial charge in [-0.1, -0.05) is 0 Å². The topological polar surface area (TPSA) is 51.2 Å². The number of carbonyl (C=O) groups excluding carboxylic acids is 1. The molecule has 0 N–H and O–H groups in total. The van der Waals surface area contributed by atoms with E-state index in [1.54, 1.807) is 0 Å². The van der Waals surface area contributed by atoms with Crippen LogP contribution in [0.5, 0.6) is 0 Å². The predicted octanol–water partition coefficient (Wildman–Crippen LogP) is -0.517. The molecule has 0 aromatic carbocycles. The number of rotatable bonds is 0. The zero-order valence-electron chi connectivity index (χ0n) is 2.70. The molecule has 0 unspecified atom stereocenters. The van der Waals surface area contributed by atoms with Gasteiger partial charge in [0.2, 0.25) is 0 Å². The first kappa shape index (κ1) is 16.1. The molecule has 0 aliphatic rings. The summed E-state index contributed by atoms with van der Waals surface area (Å²) in [6, 6.07) is 0. The van der Waals surface area contributed by atoms with Gasteiger partial charge in [-0.05, 0) is 0 Å². The van der Waals surface area contributed by atoms with Crippen molar-refractivity contribution in [1.29, 1.82) is 0 Å². The normalized spacial score (nSPS) is 1.67. The van der Waals surface area contributed by atoms with Gasteiger partial charge < -0.3 is 4.79 Å². The van der Waals surface area contributed by atoms with Crippen molar-refractivity contribution >= 4 is 6.79 Å². The third-order valence-electron chi connectivity index (χ3n) is 0.